The summed E-state index contributed by atoms with van der Waals surface area (Å²) in [5, 5.41) is 0. The van der Waals surface area contributed by atoms with Crippen LogP contribution in [0, 0.1) is 0 Å². The van der Waals surface area contributed by atoms with E-state index in [2.05, 4.69) is 114 Å². The van der Waals surface area contributed by atoms with E-state index in [0.717, 1.165) is 12.1 Å². The van der Waals surface area contributed by atoms with Crippen molar-refractivity contribution < 1.29 is 8.23 Å². The molecule has 0 heterocycles. The van der Waals surface area contributed by atoms with E-state index >= 15 is 0 Å². The first kappa shape index (κ1) is 24.3. The normalized spacial score (nSPS) is 15.2. The van der Waals surface area contributed by atoms with Gasteiger partial charge in [-0.1, -0.05) is 74.5 Å². The van der Waals surface area contributed by atoms with E-state index < -0.39 is 25.2 Å². The van der Waals surface area contributed by atoms with Gasteiger partial charge in [0.25, 0.3) is 0 Å². The van der Waals surface area contributed by atoms with E-state index in [9.17, 15) is 0 Å². The summed E-state index contributed by atoms with van der Waals surface area (Å²) in [6, 6.07) is 23.9. The molecule has 5 heteroatoms. The maximum Gasteiger partial charge on any atom is 0.311 e. The summed E-state index contributed by atoms with van der Waals surface area (Å²) in [4.78, 5) is 0. The van der Waals surface area contributed by atoms with Crippen molar-refractivity contribution in [3.05, 3.63) is 71.8 Å². The first-order chi connectivity index (χ1) is 13.4. The van der Waals surface area contributed by atoms with Crippen LogP contribution in [0.25, 0.3) is 0 Å². The lowest BCUT2D eigenvalue weighted by Gasteiger charge is -2.40. The van der Waals surface area contributed by atoms with Gasteiger partial charge in [0.05, 0.1) is 0 Å². The summed E-state index contributed by atoms with van der Waals surface area (Å²) >= 11 is 0. The Labute approximate surface area is 182 Å². The van der Waals surface area contributed by atoms with E-state index in [1.165, 1.54) is 11.1 Å². The number of hydrogen-bond donors (Lipinski definition) is 0. The first-order valence-corrected chi connectivity index (χ1v) is 19.9. The summed E-state index contributed by atoms with van der Waals surface area (Å²) in [5.41, 5.74) is 2.81. The van der Waals surface area contributed by atoms with E-state index in [-0.39, 0.29) is 0 Å². The molecule has 0 fully saturated rings. The zero-order chi connectivity index (χ0) is 21.7. The monoisotopic (exact) mass is 444 g/mol. The molecule has 0 aromatic heterocycles. The van der Waals surface area contributed by atoms with Crippen molar-refractivity contribution >= 4 is 25.2 Å². The quantitative estimate of drug-likeness (QED) is 0.349. The minimum atomic E-state index is -2.19. The molecular formula is C24H40O2Si3. The molecule has 0 saturated carbocycles. The van der Waals surface area contributed by atoms with Gasteiger partial charge in [0, 0.05) is 0 Å². The Bertz CT molecular complexity index is 682. The fourth-order valence-electron chi connectivity index (χ4n) is 4.71. The second-order valence-electron chi connectivity index (χ2n) is 10.2. The predicted octanol–water partition coefficient (Wildman–Crippen LogP) is 7.74. The third-order valence-electron chi connectivity index (χ3n) is 5.38. The van der Waals surface area contributed by atoms with E-state index in [1.807, 2.05) is 0 Å². The highest BCUT2D eigenvalue weighted by Gasteiger charge is 2.40. The second-order valence-corrected chi connectivity index (χ2v) is 22.4. The lowest BCUT2D eigenvalue weighted by Crippen LogP contribution is -2.52. The molecule has 0 amide bonds. The van der Waals surface area contributed by atoms with Gasteiger partial charge in [-0.2, -0.15) is 0 Å². The van der Waals surface area contributed by atoms with Crippen LogP contribution in [0.5, 0.6) is 0 Å². The number of rotatable bonds is 10. The Kier molecular flexibility index (Phi) is 8.27. The summed E-state index contributed by atoms with van der Waals surface area (Å²) in [6.07, 6.45) is 0. The maximum absolute atomic E-state index is 6.83. The van der Waals surface area contributed by atoms with Crippen LogP contribution < -0.4 is 0 Å². The van der Waals surface area contributed by atoms with Crippen molar-refractivity contribution in [1.29, 1.82) is 0 Å². The molecule has 2 aromatic rings. The average Bonchev–Trinajstić information content (AvgIpc) is 2.60. The van der Waals surface area contributed by atoms with Crippen molar-refractivity contribution in [2.24, 2.45) is 0 Å². The van der Waals surface area contributed by atoms with Crippen LogP contribution in [0.4, 0.5) is 0 Å². The van der Waals surface area contributed by atoms with Gasteiger partial charge in [0.1, 0.15) is 0 Å². The Balaban J connectivity index is 1.97. The fourth-order valence-corrected chi connectivity index (χ4v) is 20.0. The summed E-state index contributed by atoms with van der Waals surface area (Å²) < 4.78 is 13.7. The third-order valence-corrected chi connectivity index (χ3v) is 16.9. The van der Waals surface area contributed by atoms with Crippen molar-refractivity contribution in [3.8, 4) is 0 Å². The molecule has 0 saturated heterocycles. The van der Waals surface area contributed by atoms with E-state index in [4.69, 9.17) is 8.23 Å². The van der Waals surface area contributed by atoms with Gasteiger partial charge in [-0.15, -0.1) is 0 Å². The van der Waals surface area contributed by atoms with Crippen LogP contribution in [0.1, 0.15) is 36.8 Å². The lowest BCUT2D eigenvalue weighted by molar-refractivity contribution is 0.385. The highest BCUT2D eigenvalue weighted by Crippen LogP contribution is 2.33. The van der Waals surface area contributed by atoms with Gasteiger partial charge >= 0.3 is 8.56 Å². The highest BCUT2D eigenvalue weighted by atomic mass is 28.5. The van der Waals surface area contributed by atoms with Crippen molar-refractivity contribution in [2.45, 2.75) is 77.1 Å². The van der Waals surface area contributed by atoms with Crippen LogP contribution in [0.2, 0.25) is 51.4 Å². The first-order valence-electron chi connectivity index (χ1n) is 10.9. The zero-order valence-electron chi connectivity index (χ0n) is 19.7. The second kappa shape index (κ2) is 9.88. The van der Waals surface area contributed by atoms with E-state index in [0.29, 0.717) is 11.8 Å². The zero-order valence-corrected chi connectivity index (χ0v) is 22.7. The minimum Gasteiger partial charge on any atom is -0.436 e. The average molecular weight is 445 g/mol. The highest BCUT2D eigenvalue weighted by molar-refractivity contribution is 6.87. The molecule has 2 aromatic carbocycles. The summed E-state index contributed by atoms with van der Waals surface area (Å²) in [5.74, 6) is 1.04. The minimum absolute atomic E-state index is 0.519. The van der Waals surface area contributed by atoms with Gasteiger partial charge in [-0.25, -0.2) is 0 Å². The van der Waals surface area contributed by atoms with Crippen molar-refractivity contribution in [1.82, 2.24) is 0 Å². The third kappa shape index (κ3) is 8.34. The molecule has 0 N–H and O–H groups in total. The van der Waals surface area contributed by atoms with Crippen molar-refractivity contribution in [2.75, 3.05) is 0 Å². The molecular weight excluding hydrogens is 405 g/mol. The molecule has 0 spiro atoms. The van der Waals surface area contributed by atoms with Crippen molar-refractivity contribution in [3.63, 3.8) is 0 Å². The molecule has 0 aliphatic heterocycles. The standard InChI is InChI=1S/C24H40O2Si3/c1-21(23-15-11-9-12-16-23)19-27(3,4)25-29(7,8)26-28(5,6)20-22(2)24-17-13-10-14-18-24/h9-18,21-22H,19-20H2,1-8H3. The van der Waals surface area contributed by atoms with Gasteiger partial charge in [-0.05, 0) is 74.3 Å². The Hall–Kier alpha value is -0.989. The Morgan fingerprint density at radius 3 is 1.21 bits per heavy atom. The van der Waals surface area contributed by atoms with Crippen LogP contribution in [0.15, 0.2) is 60.7 Å². The topological polar surface area (TPSA) is 18.5 Å². The van der Waals surface area contributed by atoms with Gasteiger partial charge < -0.3 is 8.23 Å². The summed E-state index contributed by atoms with van der Waals surface area (Å²) in [7, 11) is -5.84. The number of benzene rings is 2. The van der Waals surface area contributed by atoms with Crippen LogP contribution in [-0.4, -0.2) is 25.2 Å². The smallest absolute Gasteiger partial charge is 0.311 e. The summed E-state index contributed by atoms with van der Waals surface area (Å²) in [6.45, 7) is 18.6. The molecule has 160 valence electrons. The molecule has 0 aliphatic carbocycles. The molecule has 0 bridgehead atoms. The molecule has 0 radical (unpaired) electrons. The molecule has 2 unspecified atom stereocenters. The SMILES string of the molecule is CC(C[Si](C)(C)O[Si](C)(C)O[Si](C)(C)CC(C)c1ccccc1)c1ccccc1. The molecule has 2 atom stereocenters. The largest absolute Gasteiger partial charge is 0.436 e. The van der Waals surface area contributed by atoms with Gasteiger partial charge in [0.2, 0.25) is 0 Å². The van der Waals surface area contributed by atoms with Gasteiger partial charge in [-0.3, -0.25) is 0 Å². The lowest BCUT2D eigenvalue weighted by atomic mass is 10.0. The molecule has 2 rings (SSSR count). The van der Waals surface area contributed by atoms with Crippen LogP contribution in [-0.2, 0) is 8.23 Å². The maximum atomic E-state index is 6.83. The van der Waals surface area contributed by atoms with E-state index in [1.54, 1.807) is 0 Å². The predicted molar refractivity (Wildman–Crippen MR) is 134 cm³/mol. The molecule has 0 aliphatic rings. The fraction of sp³-hybridized carbons (Fsp3) is 0.500. The molecule has 29 heavy (non-hydrogen) atoms. The number of hydrogen-bond acceptors (Lipinski definition) is 2. The van der Waals surface area contributed by atoms with Gasteiger partial charge in [0.15, 0.2) is 16.6 Å². The Morgan fingerprint density at radius 2 is 0.897 bits per heavy atom. The Morgan fingerprint density at radius 1 is 0.586 bits per heavy atom. The van der Waals surface area contributed by atoms with Crippen LogP contribution >= 0.6 is 0 Å². The van der Waals surface area contributed by atoms with Crippen LogP contribution in [0.3, 0.4) is 0 Å². The molecule has 2 nitrogen and oxygen atoms in total.